The first-order valence-corrected chi connectivity index (χ1v) is 12.5. The van der Waals surface area contributed by atoms with Gasteiger partial charge in [0.25, 0.3) is 11.8 Å². The SMILES string of the molecule is CCOC(=O)/C=C/CSc1cccc(NC(=O)/C(=C/c2ccccc2Cl)NC(=O)c2ccccc2)c1. The quantitative estimate of drug-likeness (QED) is 0.196. The van der Waals surface area contributed by atoms with Crippen molar-refractivity contribution in [2.24, 2.45) is 0 Å². The van der Waals surface area contributed by atoms with Crippen molar-refractivity contribution in [3.05, 3.63) is 113 Å². The minimum atomic E-state index is -0.497. The third-order valence-corrected chi connectivity index (χ3v) is 6.00. The van der Waals surface area contributed by atoms with Crippen molar-refractivity contribution in [1.29, 1.82) is 0 Å². The fourth-order valence-electron chi connectivity index (χ4n) is 3.03. The number of carbonyl (C=O) groups excluding carboxylic acids is 3. The summed E-state index contributed by atoms with van der Waals surface area (Å²) in [6.07, 6.45) is 4.65. The molecule has 2 N–H and O–H groups in total. The maximum atomic E-state index is 13.2. The Balaban J connectivity index is 1.75. The summed E-state index contributed by atoms with van der Waals surface area (Å²) in [6, 6.07) is 22.9. The van der Waals surface area contributed by atoms with Gasteiger partial charge >= 0.3 is 5.97 Å². The van der Waals surface area contributed by atoms with Crippen LogP contribution >= 0.6 is 23.4 Å². The summed E-state index contributed by atoms with van der Waals surface area (Å²) < 4.78 is 4.86. The second-order valence-corrected chi connectivity index (χ2v) is 8.85. The summed E-state index contributed by atoms with van der Waals surface area (Å²) in [7, 11) is 0. The van der Waals surface area contributed by atoms with Crippen LogP contribution in [0.2, 0.25) is 5.02 Å². The Morgan fingerprint density at radius 2 is 1.72 bits per heavy atom. The average molecular weight is 521 g/mol. The third-order valence-electron chi connectivity index (χ3n) is 4.71. The number of ether oxygens (including phenoxy) is 1. The lowest BCUT2D eigenvalue weighted by atomic mass is 10.1. The second-order valence-electron chi connectivity index (χ2n) is 7.35. The lowest BCUT2D eigenvalue weighted by molar-refractivity contribution is -0.137. The molecule has 0 saturated heterocycles. The van der Waals surface area contributed by atoms with E-state index in [1.54, 1.807) is 67.6 Å². The number of hydrogen-bond donors (Lipinski definition) is 2. The van der Waals surface area contributed by atoms with E-state index in [9.17, 15) is 14.4 Å². The van der Waals surface area contributed by atoms with E-state index >= 15 is 0 Å². The van der Waals surface area contributed by atoms with Gasteiger partial charge in [0.2, 0.25) is 0 Å². The molecule has 0 heterocycles. The van der Waals surface area contributed by atoms with E-state index in [4.69, 9.17) is 16.3 Å². The highest BCUT2D eigenvalue weighted by atomic mass is 35.5. The summed E-state index contributed by atoms with van der Waals surface area (Å²) >= 11 is 7.77. The third kappa shape index (κ3) is 8.45. The van der Waals surface area contributed by atoms with Gasteiger partial charge in [0, 0.05) is 33.0 Å². The summed E-state index contributed by atoms with van der Waals surface area (Å²) in [5.41, 5.74) is 1.62. The summed E-state index contributed by atoms with van der Waals surface area (Å²) in [6.45, 7) is 2.08. The zero-order valence-corrected chi connectivity index (χ0v) is 21.1. The van der Waals surface area contributed by atoms with Gasteiger partial charge in [-0.3, -0.25) is 9.59 Å². The van der Waals surface area contributed by atoms with E-state index in [1.165, 1.54) is 23.9 Å². The van der Waals surface area contributed by atoms with Crippen LogP contribution in [-0.2, 0) is 14.3 Å². The predicted molar refractivity (Wildman–Crippen MR) is 145 cm³/mol. The molecule has 0 aliphatic carbocycles. The van der Waals surface area contributed by atoms with Crippen LogP contribution < -0.4 is 10.6 Å². The van der Waals surface area contributed by atoms with Crippen LogP contribution in [0.5, 0.6) is 0 Å². The fourth-order valence-corrected chi connectivity index (χ4v) is 3.99. The molecule has 36 heavy (non-hydrogen) atoms. The Bertz CT molecular complexity index is 1280. The molecule has 3 rings (SSSR count). The van der Waals surface area contributed by atoms with Gasteiger partial charge in [-0.05, 0) is 55.0 Å². The lowest BCUT2D eigenvalue weighted by Gasteiger charge is -2.12. The standard InChI is InChI=1S/C28H25ClN2O4S/c1-2-35-26(32)16-9-17-36-23-14-8-13-22(19-23)30-28(34)25(18-21-12-6-7-15-24(21)29)31-27(33)20-10-4-3-5-11-20/h3-16,18-19H,2,17H2,1H3,(H,30,34)(H,31,33)/b16-9+,25-18-. The molecule has 3 aromatic carbocycles. The molecule has 184 valence electrons. The van der Waals surface area contributed by atoms with Crippen molar-refractivity contribution in [1.82, 2.24) is 5.32 Å². The van der Waals surface area contributed by atoms with Gasteiger partial charge < -0.3 is 15.4 Å². The molecule has 0 atom stereocenters. The molecule has 0 aromatic heterocycles. The molecule has 0 aliphatic heterocycles. The van der Waals surface area contributed by atoms with Gasteiger partial charge in [-0.15, -0.1) is 11.8 Å². The van der Waals surface area contributed by atoms with E-state index in [2.05, 4.69) is 10.6 Å². The normalized spacial score (nSPS) is 11.2. The number of amides is 2. The van der Waals surface area contributed by atoms with Crippen LogP contribution in [0.1, 0.15) is 22.8 Å². The largest absolute Gasteiger partial charge is 0.463 e. The maximum absolute atomic E-state index is 13.2. The minimum absolute atomic E-state index is 0.0485. The van der Waals surface area contributed by atoms with Crippen molar-refractivity contribution >= 4 is 52.9 Å². The number of esters is 1. The molecule has 8 heteroatoms. The fraction of sp³-hybridized carbons (Fsp3) is 0.107. The number of thioether (sulfide) groups is 1. The number of halogens is 1. The number of hydrogen-bond acceptors (Lipinski definition) is 5. The van der Waals surface area contributed by atoms with Gasteiger partial charge in [0.05, 0.1) is 6.61 Å². The second kappa shape index (κ2) is 13.9. The number of rotatable bonds is 10. The highest BCUT2D eigenvalue weighted by Crippen LogP contribution is 2.23. The highest BCUT2D eigenvalue weighted by Gasteiger charge is 2.16. The molecule has 0 bridgehead atoms. The van der Waals surface area contributed by atoms with E-state index in [0.717, 1.165) is 4.90 Å². The van der Waals surface area contributed by atoms with Gasteiger partial charge in [-0.25, -0.2) is 4.79 Å². The van der Waals surface area contributed by atoms with Crippen molar-refractivity contribution in [2.45, 2.75) is 11.8 Å². The summed E-state index contributed by atoms with van der Waals surface area (Å²) in [5, 5.41) is 5.98. The Labute approximate surface area is 219 Å². The Hall–Kier alpha value is -3.81. The summed E-state index contributed by atoms with van der Waals surface area (Å²) in [5.74, 6) is -0.735. The molecule has 2 amide bonds. The van der Waals surface area contributed by atoms with Gasteiger partial charge in [-0.2, -0.15) is 0 Å². The zero-order valence-electron chi connectivity index (χ0n) is 19.6. The topological polar surface area (TPSA) is 84.5 Å². The van der Waals surface area contributed by atoms with E-state index in [-0.39, 0.29) is 11.7 Å². The average Bonchev–Trinajstić information content (AvgIpc) is 2.88. The molecule has 6 nitrogen and oxygen atoms in total. The molecule has 3 aromatic rings. The smallest absolute Gasteiger partial charge is 0.330 e. The number of anilines is 1. The first-order valence-electron chi connectivity index (χ1n) is 11.2. The van der Waals surface area contributed by atoms with Crippen molar-refractivity contribution < 1.29 is 19.1 Å². The van der Waals surface area contributed by atoms with E-state index in [0.29, 0.717) is 34.2 Å². The number of benzene rings is 3. The molecule has 0 aliphatic rings. The van der Waals surface area contributed by atoms with Crippen molar-refractivity contribution in [2.75, 3.05) is 17.7 Å². The number of nitrogens with one attached hydrogen (secondary N) is 2. The van der Waals surface area contributed by atoms with Crippen molar-refractivity contribution in [3.63, 3.8) is 0 Å². The molecular weight excluding hydrogens is 496 g/mol. The lowest BCUT2D eigenvalue weighted by Crippen LogP contribution is -2.30. The van der Waals surface area contributed by atoms with Gasteiger partial charge in [-0.1, -0.05) is 60.1 Å². The molecule has 0 spiro atoms. The monoisotopic (exact) mass is 520 g/mol. The Morgan fingerprint density at radius 1 is 0.972 bits per heavy atom. The van der Waals surface area contributed by atoms with E-state index < -0.39 is 11.8 Å². The molecule has 0 unspecified atom stereocenters. The number of carbonyl (C=O) groups is 3. The van der Waals surface area contributed by atoms with E-state index in [1.807, 2.05) is 24.3 Å². The molecular formula is C28H25ClN2O4S. The molecule has 0 saturated carbocycles. The van der Waals surface area contributed by atoms with Crippen molar-refractivity contribution in [3.8, 4) is 0 Å². The first-order chi connectivity index (χ1) is 17.5. The van der Waals surface area contributed by atoms with Gasteiger partial charge in [0.1, 0.15) is 5.70 Å². The van der Waals surface area contributed by atoms with Crippen LogP contribution in [0.4, 0.5) is 5.69 Å². The minimum Gasteiger partial charge on any atom is -0.463 e. The van der Waals surface area contributed by atoms with Gasteiger partial charge in [0.15, 0.2) is 0 Å². The predicted octanol–water partition coefficient (Wildman–Crippen LogP) is 5.96. The van der Waals surface area contributed by atoms with Crippen LogP contribution in [0, 0.1) is 0 Å². The Morgan fingerprint density at radius 3 is 2.47 bits per heavy atom. The van der Waals surface area contributed by atoms with Crippen LogP contribution in [-0.4, -0.2) is 30.1 Å². The first kappa shape index (κ1) is 26.8. The highest BCUT2D eigenvalue weighted by molar-refractivity contribution is 7.99. The summed E-state index contributed by atoms with van der Waals surface area (Å²) in [4.78, 5) is 38.3. The Kier molecular flexibility index (Phi) is 10.4. The maximum Gasteiger partial charge on any atom is 0.330 e. The van der Waals surface area contributed by atoms with Crippen LogP contribution in [0.15, 0.2) is 102 Å². The zero-order chi connectivity index (χ0) is 25.8. The van der Waals surface area contributed by atoms with Crippen LogP contribution in [0.25, 0.3) is 6.08 Å². The molecule has 0 fully saturated rings. The van der Waals surface area contributed by atoms with Crippen LogP contribution in [0.3, 0.4) is 0 Å². The molecule has 0 radical (unpaired) electrons.